The molecule has 23 heavy (non-hydrogen) atoms. The number of amides is 1. The van der Waals surface area contributed by atoms with Gasteiger partial charge in [-0.3, -0.25) is 4.79 Å². The van der Waals surface area contributed by atoms with Gasteiger partial charge in [0.05, 0.1) is 5.56 Å². The Labute approximate surface area is 135 Å². The number of carbonyl (C=O) groups excluding carboxylic acids is 1. The molecule has 3 rings (SSSR count). The van der Waals surface area contributed by atoms with E-state index in [1.165, 1.54) is 0 Å². The normalized spacial score (nSPS) is 12.5. The summed E-state index contributed by atoms with van der Waals surface area (Å²) >= 11 is 0. The third-order valence-electron chi connectivity index (χ3n) is 3.89. The molecule has 0 saturated heterocycles. The lowest BCUT2D eigenvalue weighted by molar-refractivity contribution is -0.672. The first-order chi connectivity index (χ1) is 11.0. The smallest absolute Gasteiger partial charge is 0.252 e. The maximum atomic E-state index is 12.5. The summed E-state index contributed by atoms with van der Waals surface area (Å²) in [7, 11) is 1.96. The molecule has 0 saturated carbocycles. The number of hydrogen-bond acceptors (Lipinski definition) is 3. The van der Waals surface area contributed by atoms with Crippen molar-refractivity contribution in [2.24, 2.45) is 7.05 Å². The second-order valence-corrected chi connectivity index (χ2v) is 6.00. The van der Waals surface area contributed by atoms with E-state index in [0.29, 0.717) is 6.54 Å². The fourth-order valence-electron chi connectivity index (χ4n) is 2.62. The van der Waals surface area contributed by atoms with Crippen molar-refractivity contribution in [3.63, 3.8) is 0 Å². The first-order valence-corrected chi connectivity index (χ1v) is 7.70. The van der Waals surface area contributed by atoms with E-state index in [2.05, 4.69) is 19.2 Å². The highest BCUT2D eigenvalue weighted by molar-refractivity contribution is 5.95. The molecule has 1 aromatic carbocycles. The molecule has 1 amide bonds. The fraction of sp³-hybridized carbons (Fsp3) is 0.333. The van der Waals surface area contributed by atoms with Crippen LogP contribution < -0.4 is 19.4 Å². The van der Waals surface area contributed by atoms with Gasteiger partial charge in [0.25, 0.3) is 5.91 Å². The third kappa shape index (κ3) is 3.28. The molecule has 0 bridgehead atoms. The van der Waals surface area contributed by atoms with Crippen LogP contribution in [0.4, 0.5) is 0 Å². The van der Waals surface area contributed by atoms with Gasteiger partial charge in [-0.25, -0.2) is 4.57 Å². The topological polar surface area (TPSA) is 51.4 Å². The molecule has 0 unspecified atom stereocenters. The number of rotatable bonds is 4. The zero-order valence-corrected chi connectivity index (χ0v) is 13.6. The van der Waals surface area contributed by atoms with Crippen LogP contribution in [-0.2, 0) is 13.6 Å². The summed E-state index contributed by atoms with van der Waals surface area (Å²) in [6, 6.07) is 7.56. The summed E-state index contributed by atoms with van der Waals surface area (Å²) in [5.41, 5.74) is 2.74. The van der Waals surface area contributed by atoms with Crippen LogP contribution in [0.15, 0.2) is 36.7 Å². The summed E-state index contributed by atoms with van der Waals surface area (Å²) in [6.45, 7) is 4.88. The molecular weight excluding hydrogens is 292 g/mol. The van der Waals surface area contributed by atoms with Gasteiger partial charge < -0.3 is 14.8 Å². The van der Waals surface area contributed by atoms with Crippen LogP contribution in [-0.4, -0.2) is 12.7 Å². The molecule has 1 aliphatic rings. The highest BCUT2D eigenvalue weighted by Gasteiger charge is 2.18. The molecule has 5 heteroatoms. The van der Waals surface area contributed by atoms with Gasteiger partial charge in [-0.1, -0.05) is 19.9 Å². The van der Waals surface area contributed by atoms with Crippen LogP contribution in [0.3, 0.4) is 0 Å². The minimum Gasteiger partial charge on any atom is -0.454 e. The van der Waals surface area contributed by atoms with Crippen LogP contribution >= 0.6 is 0 Å². The number of hydrogen-bond donors (Lipinski definition) is 1. The summed E-state index contributed by atoms with van der Waals surface area (Å²) < 4.78 is 12.6. The van der Waals surface area contributed by atoms with E-state index < -0.39 is 0 Å². The van der Waals surface area contributed by atoms with E-state index in [1.807, 2.05) is 48.3 Å². The van der Waals surface area contributed by atoms with Gasteiger partial charge in [0, 0.05) is 18.2 Å². The zero-order chi connectivity index (χ0) is 16.4. The molecule has 2 aromatic rings. The number of fused-ring (bicyclic) bond motifs is 1. The molecule has 5 nitrogen and oxygen atoms in total. The molecule has 0 radical (unpaired) electrons. The number of aromatic nitrogens is 1. The second-order valence-electron chi connectivity index (χ2n) is 6.00. The lowest BCUT2D eigenvalue weighted by Gasteiger charge is -2.11. The second kappa shape index (κ2) is 6.28. The Balaban J connectivity index is 1.72. The maximum absolute atomic E-state index is 12.5. The Bertz CT molecular complexity index is 741. The van der Waals surface area contributed by atoms with Crippen molar-refractivity contribution in [1.29, 1.82) is 0 Å². The van der Waals surface area contributed by atoms with Gasteiger partial charge in [0.1, 0.15) is 7.05 Å². The molecule has 120 valence electrons. The SMILES string of the molecule is CC(C)c1c[n+](C)ccc1C(=O)NCc1ccc2c(c1)OCO2. The number of nitrogens with zero attached hydrogens (tertiary/aromatic N) is 1. The molecule has 0 fully saturated rings. The lowest BCUT2D eigenvalue weighted by atomic mass is 9.99. The number of ether oxygens (including phenoxy) is 2. The third-order valence-corrected chi connectivity index (χ3v) is 3.89. The highest BCUT2D eigenvalue weighted by Crippen LogP contribution is 2.32. The molecule has 1 N–H and O–H groups in total. The Hall–Kier alpha value is -2.56. The van der Waals surface area contributed by atoms with Crippen LogP contribution in [0.1, 0.15) is 41.3 Å². The maximum Gasteiger partial charge on any atom is 0.252 e. The minimum atomic E-state index is -0.0630. The van der Waals surface area contributed by atoms with Crippen molar-refractivity contribution in [3.05, 3.63) is 53.3 Å². The van der Waals surface area contributed by atoms with Crippen molar-refractivity contribution >= 4 is 5.91 Å². The van der Waals surface area contributed by atoms with Gasteiger partial charge >= 0.3 is 0 Å². The van der Waals surface area contributed by atoms with Crippen molar-refractivity contribution in [2.75, 3.05) is 6.79 Å². The van der Waals surface area contributed by atoms with Crippen molar-refractivity contribution in [1.82, 2.24) is 5.32 Å². The summed E-state index contributed by atoms with van der Waals surface area (Å²) in [6.07, 6.45) is 3.89. The molecule has 1 aliphatic heterocycles. The Kier molecular flexibility index (Phi) is 4.19. The van der Waals surface area contributed by atoms with Gasteiger partial charge in [0.2, 0.25) is 6.79 Å². The number of pyridine rings is 1. The van der Waals surface area contributed by atoms with E-state index in [-0.39, 0.29) is 18.6 Å². The first kappa shape index (κ1) is 15.3. The molecule has 0 spiro atoms. The van der Waals surface area contributed by atoms with Crippen LogP contribution in [0.2, 0.25) is 0 Å². The lowest BCUT2D eigenvalue weighted by Crippen LogP contribution is -2.31. The van der Waals surface area contributed by atoms with Gasteiger partial charge in [-0.2, -0.15) is 0 Å². The van der Waals surface area contributed by atoms with Crippen LogP contribution in [0.5, 0.6) is 11.5 Å². The standard InChI is InChI=1S/C18H20N2O3/c1-12(2)15-10-20(3)7-6-14(15)18(21)19-9-13-4-5-16-17(8-13)23-11-22-16/h4-8,10,12H,9,11H2,1-3H3/p+1. The first-order valence-electron chi connectivity index (χ1n) is 7.70. The largest absolute Gasteiger partial charge is 0.454 e. The highest BCUT2D eigenvalue weighted by atomic mass is 16.7. The average molecular weight is 313 g/mol. The van der Waals surface area contributed by atoms with Gasteiger partial charge in [-0.15, -0.1) is 0 Å². The van der Waals surface area contributed by atoms with E-state index in [1.54, 1.807) is 0 Å². The van der Waals surface area contributed by atoms with Crippen molar-refractivity contribution < 1.29 is 18.8 Å². The number of benzene rings is 1. The summed E-state index contributed by atoms with van der Waals surface area (Å²) in [5.74, 6) is 1.70. The van der Waals surface area contributed by atoms with Gasteiger partial charge in [-0.05, 0) is 23.6 Å². The number of aryl methyl sites for hydroxylation is 1. The molecular formula is C18H21N2O3+. The zero-order valence-electron chi connectivity index (χ0n) is 13.6. The van der Waals surface area contributed by atoms with E-state index in [4.69, 9.17) is 9.47 Å². The molecule has 1 aromatic heterocycles. The fourth-order valence-corrected chi connectivity index (χ4v) is 2.62. The van der Waals surface area contributed by atoms with E-state index >= 15 is 0 Å². The summed E-state index contributed by atoms with van der Waals surface area (Å²) in [5, 5.41) is 2.98. The molecule has 2 heterocycles. The Morgan fingerprint density at radius 2 is 2.04 bits per heavy atom. The molecule has 0 aliphatic carbocycles. The molecule has 0 atom stereocenters. The predicted molar refractivity (Wildman–Crippen MR) is 85.4 cm³/mol. The van der Waals surface area contributed by atoms with Crippen molar-refractivity contribution in [3.8, 4) is 11.5 Å². The van der Waals surface area contributed by atoms with Crippen LogP contribution in [0.25, 0.3) is 0 Å². The van der Waals surface area contributed by atoms with E-state index in [9.17, 15) is 4.79 Å². The Morgan fingerprint density at radius 3 is 2.83 bits per heavy atom. The minimum absolute atomic E-state index is 0.0630. The number of nitrogens with one attached hydrogen (secondary N) is 1. The van der Waals surface area contributed by atoms with Gasteiger partial charge in [0.15, 0.2) is 23.9 Å². The van der Waals surface area contributed by atoms with E-state index in [0.717, 1.165) is 28.2 Å². The van der Waals surface area contributed by atoms with Crippen molar-refractivity contribution in [2.45, 2.75) is 26.3 Å². The average Bonchev–Trinajstić information content (AvgIpc) is 3.00. The number of carbonyl (C=O) groups is 1. The predicted octanol–water partition coefficient (Wildman–Crippen LogP) is 2.29. The monoisotopic (exact) mass is 313 g/mol. The van der Waals surface area contributed by atoms with Crippen LogP contribution in [0, 0.1) is 0 Å². The Morgan fingerprint density at radius 1 is 1.26 bits per heavy atom. The quantitative estimate of drug-likeness (QED) is 0.881. The summed E-state index contributed by atoms with van der Waals surface area (Å²) in [4.78, 5) is 12.5.